The molecule has 4 nitrogen and oxygen atoms in total. The zero-order chi connectivity index (χ0) is 17.0. The van der Waals surface area contributed by atoms with E-state index in [0.29, 0.717) is 16.3 Å². The Hall–Kier alpha value is -1.95. The maximum atomic E-state index is 13.1. The van der Waals surface area contributed by atoms with Gasteiger partial charge < -0.3 is 14.4 Å². The Morgan fingerprint density at radius 2 is 1.65 bits per heavy atom. The molecule has 0 aromatic heterocycles. The van der Waals surface area contributed by atoms with Crippen LogP contribution in [0.4, 0.5) is 10.1 Å². The summed E-state index contributed by atoms with van der Waals surface area (Å²) in [5.74, 6) is -2.56. The summed E-state index contributed by atoms with van der Waals surface area (Å²) in [6.45, 7) is 0. The molecule has 2 rings (SSSR count). The van der Waals surface area contributed by atoms with E-state index in [1.807, 2.05) is 0 Å². The van der Waals surface area contributed by atoms with Gasteiger partial charge in [-0.15, -0.1) is 0 Å². The van der Waals surface area contributed by atoms with Crippen molar-refractivity contribution in [2.24, 2.45) is 0 Å². The molecule has 0 aliphatic heterocycles. The molecule has 0 atom stereocenters. The molecule has 2 aromatic carbocycles. The first-order valence-electron chi connectivity index (χ1n) is 6.85. The van der Waals surface area contributed by atoms with E-state index in [4.69, 9.17) is 21.1 Å². The number of methoxy groups -OCH3 is 2. The van der Waals surface area contributed by atoms with Gasteiger partial charge in [-0.2, -0.15) is 0 Å². The lowest BCUT2D eigenvalue weighted by Gasteiger charge is -2.34. The van der Waals surface area contributed by atoms with Gasteiger partial charge in [-0.25, -0.2) is 4.39 Å². The van der Waals surface area contributed by atoms with E-state index in [1.165, 1.54) is 43.4 Å². The minimum Gasteiger partial charge on any atom is -0.342 e. The maximum Gasteiger partial charge on any atom is 0.292 e. The molecule has 0 spiro atoms. The van der Waals surface area contributed by atoms with Gasteiger partial charge in [0.15, 0.2) is 0 Å². The van der Waals surface area contributed by atoms with Gasteiger partial charge in [0.1, 0.15) is 5.82 Å². The first-order valence-corrected chi connectivity index (χ1v) is 7.23. The monoisotopic (exact) mass is 337 g/mol. The first-order chi connectivity index (χ1) is 11.0. The maximum absolute atomic E-state index is 13.1. The number of ether oxygens (including phenoxy) is 2. The van der Waals surface area contributed by atoms with Crippen LogP contribution in [-0.4, -0.2) is 27.2 Å². The minimum absolute atomic E-state index is 0.344. The summed E-state index contributed by atoms with van der Waals surface area (Å²) in [4.78, 5) is 14.3. The lowest BCUT2D eigenvalue weighted by molar-refractivity contribution is -0.212. The number of nitrogens with zero attached hydrogens (tertiary/aromatic N) is 1. The van der Waals surface area contributed by atoms with E-state index < -0.39 is 11.7 Å². The topological polar surface area (TPSA) is 38.8 Å². The summed E-state index contributed by atoms with van der Waals surface area (Å²) >= 11 is 6.20. The molecular formula is C17H17ClFNO3. The molecule has 0 saturated heterocycles. The van der Waals surface area contributed by atoms with Crippen LogP contribution in [0.2, 0.25) is 5.02 Å². The number of amides is 1. The van der Waals surface area contributed by atoms with Gasteiger partial charge >= 0.3 is 0 Å². The standard InChI is InChI=1S/C17H17ClFNO3/c1-20(13-10-8-12(19)9-11-13)16(21)17(22-2,23-3)14-6-4-5-7-15(14)18/h4-11H,1-3H3. The van der Waals surface area contributed by atoms with Gasteiger partial charge in [0, 0.05) is 37.5 Å². The van der Waals surface area contributed by atoms with E-state index in [0.717, 1.165) is 0 Å². The van der Waals surface area contributed by atoms with Crippen LogP contribution in [0.1, 0.15) is 5.56 Å². The second-order valence-electron chi connectivity index (χ2n) is 4.85. The minimum atomic E-state index is -1.69. The van der Waals surface area contributed by atoms with Gasteiger partial charge in [-0.1, -0.05) is 29.8 Å². The van der Waals surface area contributed by atoms with Crippen molar-refractivity contribution >= 4 is 23.2 Å². The summed E-state index contributed by atoms with van der Waals surface area (Å²) in [5, 5.41) is 0.344. The molecule has 23 heavy (non-hydrogen) atoms. The molecule has 122 valence electrons. The van der Waals surface area contributed by atoms with Crippen molar-refractivity contribution in [3.63, 3.8) is 0 Å². The van der Waals surface area contributed by atoms with Gasteiger partial charge in [0.2, 0.25) is 0 Å². The fourth-order valence-electron chi connectivity index (χ4n) is 2.32. The number of rotatable bonds is 5. The first kappa shape index (κ1) is 17.4. The Bertz CT molecular complexity index is 686. The Labute approximate surface area is 139 Å². The molecule has 6 heteroatoms. The molecule has 0 fully saturated rings. The van der Waals surface area contributed by atoms with Crippen molar-refractivity contribution < 1.29 is 18.7 Å². The number of benzene rings is 2. The third kappa shape index (κ3) is 3.22. The highest BCUT2D eigenvalue weighted by molar-refractivity contribution is 6.31. The lowest BCUT2D eigenvalue weighted by atomic mass is 10.0. The van der Waals surface area contributed by atoms with Crippen LogP contribution >= 0.6 is 11.6 Å². The molecule has 0 aliphatic rings. The number of anilines is 1. The molecule has 2 aromatic rings. The van der Waals surface area contributed by atoms with Crippen molar-refractivity contribution in [3.8, 4) is 0 Å². The SMILES string of the molecule is COC(OC)(C(=O)N(C)c1ccc(F)cc1)c1ccccc1Cl. The second-order valence-corrected chi connectivity index (χ2v) is 5.25. The molecule has 0 heterocycles. The third-order valence-corrected chi connectivity index (χ3v) is 3.93. The van der Waals surface area contributed by atoms with Crippen LogP contribution in [0.3, 0.4) is 0 Å². The van der Waals surface area contributed by atoms with Crippen LogP contribution in [0.5, 0.6) is 0 Å². The Balaban J connectivity index is 2.46. The predicted molar refractivity (Wildman–Crippen MR) is 87.0 cm³/mol. The van der Waals surface area contributed by atoms with Gasteiger partial charge in [-0.05, 0) is 30.3 Å². The number of halogens is 2. The number of hydrogen-bond acceptors (Lipinski definition) is 3. The smallest absolute Gasteiger partial charge is 0.292 e. The van der Waals surface area contributed by atoms with Gasteiger partial charge in [0.05, 0.1) is 0 Å². The molecule has 1 amide bonds. The van der Waals surface area contributed by atoms with Crippen molar-refractivity contribution in [2.45, 2.75) is 5.79 Å². The van der Waals surface area contributed by atoms with Crippen LogP contribution < -0.4 is 4.90 Å². The van der Waals surface area contributed by atoms with Crippen LogP contribution in [0, 0.1) is 5.82 Å². The van der Waals surface area contributed by atoms with Crippen molar-refractivity contribution in [3.05, 3.63) is 64.9 Å². The summed E-state index contributed by atoms with van der Waals surface area (Å²) < 4.78 is 23.9. The predicted octanol–water partition coefficient (Wildman–Crippen LogP) is 3.59. The fraction of sp³-hybridized carbons (Fsp3) is 0.235. The second kappa shape index (κ2) is 7.08. The average molecular weight is 338 g/mol. The van der Waals surface area contributed by atoms with Gasteiger partial charge in [-0.3, -0.25) is 4.79 Å². The highest BCUT2D eigenvalue weighted by atomic mass is 35.5. The molecule has 0 N–H and O–H groups in total. The summed E-state index contributed by atoms with van der Waals surface area (Å²) in [6.07, 6.45) is 0. The molecule has 0 unspecified atom stereocenters. The largest absolute Gasteiger partial charge is 0.342 e. The zero-order valence-corrected chi connectivity index (χ0v) is 13.8. The average Bonchev–Trinajstić information content (AvgIpc) is 2.57. The van der Waals surface area contributed by atoms with E-state index >= 15 is 0 Å². The molecule has 0 radical (unpaired) electrons. The number of hydrogen-bond donors (Lipinski definition) is 0. The molecule has 0 bridgehead atoms. The summed E-state index contributed by atoms with van der Waals surface area (Å²) in [7, 11) is 4.28. The van der Waals surface area contributed by atoms with Crippen molar-refractivity contribution in [2.75, 3.05) is 26.2 Å². The van der Waals surface area contributed by atoms with Crippen molar-refractivity contribution in [1.82, 2.24) is 0 Å². The molecular weight excluding hydrogens is 321 g/mol. The summed E-state index contributed by atoms with van der Waals surface area (Å²) in [6, 6.07) is 12.3. The number of likely N-dealkylation sites (N-methyl/N-ethyl adjacent to an activating group) is 1. The molecule has 0 aliphatic carbocycles. The van der Waals surface area contributed by atoms with Crippen LogP contribution in [0.25, 0.3) is 0 Å². The van der Waals surface area contributed by atoms with E-state index in [2.05, 4.69) is 0 Å². The van der Waals surface area contributed by atoms with E-state index in [1.54, 1.807) is 31.3 Å². The third-order valence-electron chi connectivity index (χ3n) is 3.60. The Kier molecular flexibility index (Phi) is 5.36. The van der Waals surface area contributed by atoms with Crippen molar-refractivity contribution in [1.29, 1.82) is 0 Å². The van der Waals surface area contributed by atoms with Gasteiger partial charge in [0.25, 0.3) is 11.7 Å². The van der Waals surface area contributed by atoms with Crippen LogP contribution in [-0.2, 0) is 20.1 Å². The lowest BCUT2D eigenvalue weighted by Crippen LogP contribution is -2.48. The number of carbonyl (C=O) groups excluding carboxylic acids is 1. The Morgan fingerprint density at radius 3 is 2.17 bits per heavy atom. The van der Waals surface area contributed by atoms with Crippen LogP contribution in [0.15, 0.2) is 48.5 Å². The summed E-state index contributed by atoms with van der Waals surface area (Å²) in [5.41, 5.74) is 0.896. The van der Waals surface area contributed by atoms with E-state index in [9.17, 15) is 9.18 Å². The number of carbonyl (C=O) groups is 1. The fourth-order valence-corrected chi connectivity index (χ4v) is 2.58. The zero-order valence-electron chi connectivity index (χ0n) is 13.0. The molecule has 0 saturated carbocycles. The van der Waals surface area contributed by atoms with E-state index in [-0.39, 0.29) is 5.82 Å². The normalized spacial score (nSPS) is 11.3. The Morgan fingerprint density at radius 1 is 1.09 bits per heavy atom. The highest BCUT2D eigenvalue weighted by Crippen LogP contribution is 2.34. The highest BCUT2D eigenvalue weighted by Gasteiger charge is 2.45. The quantitative estimate of drug-likeness (QED) is 0.783.